The van der Waals surface area contributed by atoms with Gasteiger partial charge >= 0.3 is 0 Å². The van der Waals surface area contributed by atoms with Crippen molar-refractivity contribution in [2.24, 2.45) is 5.14 Å². The molecule has 5 heteroatoms. The fraction of sp³-hybridized carbons (Fsp3) is 1.00. The van der Waals surface area contributed by atoms with Gasteiger partial charge in [-0.15, -0.1) is 0 Å². The van der Waals surface area contributed by atoms with Crippen molar-refractivity contribution >= 4 is 10.0 Å². The van der Waals surface area contributed by atoms with E-state index < -0.39 is 20.9 Å². The van der Waals surface area contributed by atoms with E-state index in [1.165, 1.54) is 0 Å². The molecule has 4 nitrogen and oxygen atoms in total. The number of hydrogen-bond acceptors (Lipinski definition) is 3. The maximum absolute atomic E-state index is 10.9. The first-order chi connectivity index (χ1) is 4.87. The van der Waals surface area contributed by atoms with Gasteiger partial charge in [-0.2, -0.15) is 0 Å². The normalized spacial score (nSPS) is 24.6. The van der Waals surface area contributed by atoms with Gasteiger partial charge in [0, 0.05) is 0 Å². The van der Waals surface area contributed by atoms with Crippen LogP contribution >= 0.6 is 0 Å². The highest BCUT2D eigenvalue weighted by atomic mass is 32.2. The van der Waals surface area contributed by atoms with Gasteiger partial charge in [0.05, 0.1) is 10.9 Å². The lowest BCUT2D eigenvalue weighted by Gasteiger charge is -2.13. The topological polar surface area (TPSA) is 80.4 Å². The number of aliphatic hydroxyl groups is 1. The van der Waals surface area contributed by atoms with Gasteiger partial charge in [0.1, 0.15) is 0 Å². The Morgan fingerprint density at radius 2 is 2.09 bits per heavy atom. The molecule has 0 amide bonds. The molecular formula is C6H13NO3S. The summed E-state index contributed by atoms with van der Waals surface area (Å²) in [6.07, 6.45) is 0.870. The molecule has 1 saturated carbocycles. The lowest BCUT2D eigenvalue weighted by Crippen LogP contribution is -2.33. The largest absolute Gasteiger partial charge is 0.393 e. The molecule has 0 radical (unpaired) electrons. The molecule has 1 fully saturated rings. The Hall–Kier alpha value is -0.130. The van der Waals surface area contributed by atoms with Crippen LogP contribution in [0.2, 0.25) is 0 Å². The first-order valence-electron chi connectivity index (χ1n) is 3.58. The first kappa shape index (κ1) is 8.96. The minimum atomic E-state index is -3.45. The summed E-state index contributed by atoms with van der Waals surface area (Å²) < 4.78 is 21.0. The van der Waals surface area contributed by atoms with E-state index in [2.05, 4.69) is 0 Å². The number of primary sulfonamides is 1. The Balaban J connectivity index is 2.70. The summed E-state index contributed by atoms with van der Waals surface area (Å²) in [5.41, 5.74) is 0. The van der Waals surface area contributed by atoms with Crippen LogP contribution in [0.15, 0.2) is 0 Å². The van der Waals surface area contributed by atoms with E-state index in [1.54, 1.807) is 6.92 Å². The summed E-state index contributed by atoms with van der Waals surface area (Å²) in [4.78, 5) is 0. The number of aliphatic hydroxyl groups excluding tert-OH is 1. The number of hydrogen-bond donors (Lipinski definition) is 2. The smallest absolute Gasteiger partial charge is 0.214 e. The molecule has 1 atom stereocenters. The van der Waals surface area contributed by atoms with Crippen LogP contribution in [-0.4, -0.2) is 24.4 Å². The van der Waals surface area contributed by atoms with Gasteiger partial charge in [0.2, 0.25) is 10.0 Å². The zero-order valence-corrected chi connectivity index (χ0v) is 7.26. The molecule has 0 aromatic rings. The average Bonchev–Trinajstić information content (AvgIpc) is 2.42. The Morgan fingerprint density at radius 1 is 1.64 bits per heavy atom. The second-order valence-electron chi connectivity index (χ2n) is 3.28. The SMILES string of the molecule is CC(O)CC1(S(N)(=O)=O)CC1. The summed E-state index contributed by atoms with van der Waals surface area (Å²) >= 11 is 0. The maximum atomic E-state index is 10.9. The van der Waals surface area contributed by atoms with E-state index in [9.17, 15) is 8.42 Å². The highest BCUT2D eigenvalue weighted by molar-refractivity contribution is 7.90. The molecule has 0 aromatic carbocycles. The summed E-state index contributed by atoms with van der Waals surface area (Å²) in [7, 11) is -3.45. The van der Waals surface area contributed by atoms with Crippen LogP contribution in [0.5, 0.6) is 0 Å². The minimum absolute atomic E-state index is 0.270. The van der Waals surface area contributed by atoms with Gasteiger partial charge in [-0.25, -0.2) is 13.6 Å². The van der Waals surface area contributed by atoms with E-state index >= 15 is 0 Å². The van der Waals surface area contributed by atoms with Gasteiger partial charge in [-0.05, 0) is 26.2 Å². The molecule has 0 heterocycles. The summed E-state index contributed by atoms with van der Waals surface area (Å²) in [5, 5.41) is 14.0. The molecule has 0 aromatic heterocycles. The third kappa shape index (κ3) is 1.72. The van der Waals surface area contributed by atoms with Crippen LogP contribution in [0.1, 0.15) is 26.2 Å². The van der Waals surface area contributed by atoms with Gasteiger partial charge in [0.15, 0.2) is 0 Å². The fourth-order valence-corrected chi connectivity index (χ4v) is 2.43. The van der Waals surface area contributed by atoms with Gasteiger partial charge in [0.25, 0.3) is 0 Å². The van der Waals surface area contributed by atoms with Crippen molar-refractivity contribution in [2.45, 2.75) is 37.0 Å². The molecule has 11 heavy (non-hydrogen) atoms. The molecule has 1 aliphatic rings. The maximum Gasteiger partial charge on any atom is 0.214 e. The second kappa shape index (κ2) is 2.43. The summed E-state index contributed by atoms with van der Waals surface area (Å²) in [6, 6.07) is 0. The highest BCUT2D eigenvalue weighted by Gasteiger charge is 2.53. The van der Waals surface area contributed by atoms with E-state index in [-0.39, 0.29) is 6.42 Å². The van der Waals surface area contributed by atoms with Crippen molar-refractivity contribution in [1.29, 1.82) is 0 Å². The van der Waals surface area contributed by atoms with E-state index in [0.717, 1.165) is 0 Å². The predicted molar refractivity (Wildman–Crippen MR) is 41.4 cm³/mol. The molecule has 0 spiro atoms. The van der Waals surface area contributed by atoms with Gasteiger partial charge in [-0.3, -0.25) is 0 Å². The molecule has 66 valence electrons. The highest BCUT2D eigenvalue weighted by Crippen LogP contribution is 2.45. The molecule has 1 unspecified atom stereocenters. The Bertz CT molecular complexity index is 241. The van der Waals surface area contributed by atoms with Crippen LogP contribution in [0.3, 0.4) is 0 Å². The lowest BCUT2D eigenvalue weighted by atomic mass is 10.2. The van der Waals surface area contributed by atoms with Crippen molar-refractivity contribution in [1.82, 2.24) is 0 Å². The third-order valence-corrected chi connectivity index (χ3v) is 3.86. The van der Waals surface area contributed by atoms with Crippen LogP contribution in [-0.2, 0) is 10.0 Å². The molecular weight excluding hydrogens is 166 g/mol. The molecule has 0 aliphatic heterocycles. The molecule has 3 N–H and O–H groups in total. The Labute approximate surface area is 66.5 Å². The first-order valence-corrected chi connectivity index (χ1v) is 5.12. The molecule has 1 rings (SSSR count). The Kier molecular flexibility index (Phi) is 1.98. The molecule has 0 saturated heterocycles. The van der Waals surface area contributed by atoms with E-state index in [4.69, 9.17) is 10.2 Å². The molecule has 1 aliphatic carbocycles. The van der Waals surface area contributed by atoms with Crippen LogP contribution < -0.4 is 5.14 Å². The lowest BCUT2D eigenvalue weighted by molar-refractivity contribution is 0.180. The van der Waals surface area contributed by atoms with Crippen molar-refractivity contribution < 1.29 is 13.5 Å². The van der Waals surface area contributed by atoms with Gasteiger partial charge < -0.3 is 5.11 Å². The number of sulfonamides is 1. The second-order valence-corrected chi connectivity index (χ2v) is 5.24. The standard InChI is InChI=1S/C6H13NO3S/c1-5(8)4-6(2-3-6)11(7,9)10/h5,8H,2-4H2,1H3,(H2,7,9,10). The van der Waals surface area contributed by atoms with Crippen LogP contribution in [0.25, 0.3) is 0 Å². The van der Waals surface area contributed by atoms with E-state index in [1.807, 2.05) is 0 Å². The van der Waals surface area contributed by atoms with Crippen LogP contribution in [0.4, 0.5) is 0 Å². The zero-order valence-electron chi connectivity index (χ0n) is 6.45. The minimum Gasteiger partial charge on any atom is -0.393 e. The fourth-order valence-electron chi connectivity index (χ4n) is 1.28. The number of rotatable bonds is 3. The van der Waals surface area contributed by atoms with Crippen molar-refractivity contribution in [3.8, 4) is 0 Å². The predicted octanol–water partition coefficient (Wildman–Crippen LogP) is -0.422. The quantitative estimate of drug-likeness (QED) is 0.617. The van der Waals surface area contributed by atoms with E-state index in [0.29, 0.717) is 12.8 Å². The zero-order chi connectivity index (χ0) is 8.70. The van der Waals surface area contributed by atoms with Crippen molar-refractivity contribution in [3.63, 3.8) is 0 Å². The summed E-state index contributed by atoms with van der Waals surface area (Å²) in [6.45, 7) is 1.57. The average molecular weight is 179 g/mol. The summed E-state index contributed by atoms with van der Waals surface area (Å²) in [5.74, 6) is 0. The van der Waals surface area contributed by atoms with Crippen LogP contribution in [0, 0.1) is 0 Å². The third-order valence-electron chi connectivity index (χ3n) is 2.08. The van der Waals surface area contributed by atoms with Crippen molar-refractivity contribution in [3.05, 3.63) is 0 Å². The monoisotopic (exact) mass is 179 g/mol. The Morgan fingerprint density at radius 3 is 2.18 bits per heavy atom. The molecule has 0 bridgehead atoms. The number of nitrogens with two attached hydrogens (primary N) is 1. The van der Waals surface area contributed by atoms with Gasteiger partial charge in [-0.1, -0.05) is 0 Å². The van der Waals surface area contributed by atoms with Crippen molar-refractivity contribution in [2.75, 3.05) is 0 Å².